The van der Waals surface area contributed by atoms with E-state index in [1.54, 1.807) is 16.2 Å². The van der Waals surface area contributed by atoms with E-state index in [2.05, 4.69) is 9.97 Å². The molecule has 0 aromatic carbocycles. The van der Waals surface area contributed by atoms with Gasteiger partial charge in [-0.25, -0.2) is 9.78 Å². The maximum Gasteiger partial charge on any atom is 0.425 e. The van der Waals surface area contributed by atoms with E-state index >= 15 is 0 Å². The molecule has 158 valence electrons. The molecule has 4 heterocycles. The number of aliphatic hydroxyl groups excluding tert-OH is 1. The lowest BCUT2D eigenvalue weighted by atomic mass is 9.99. The molecule has 1 N–H and O–H groups in total. The Hall–Kier alpha value is -2.50. The van der Waals surface area contributed by atoms with E-state index in [1.165, 1.54) is 12.4 Å². The molecule has 0 saturated carbocycles. The van der Waals surface area contributed by atoms with Crippen LogP contribution in [0.1, 0.15) is 20.2 Å². The minimum absolute atomic E-state index is 0.0377. The zero-order valence-electron chi connectivity index (χ0n) is 15.8. The van der Waals surface area contributed by atoms with E-state index in [9.17, 15) is 23.1 Å². The van der Waals surface area contributed by atoms with E-state index in [0.29, 0.717) is 22.8 Å². The largest absolute Gasteiger partial charge is 0.425 e. The van der Waals surface area contributed by atoms with Crippen molar-refractivity contribution in [2.24, 2.45) is 0 Å². The van der Waals surface area contributed by atoms with Gasteiger partial charge in [-0.1, -0.05) is 6.08 Å². The Labute approximate surface area is 177 Å². The molecule has 3 aromatic heterocycles. The van der Waals surface area contributed by atoms with Crippen molar-refractivity contribution < 1.29 is 18.3 Å². The Morgan fingerprint density at radius 3 is 2.73 bits per heavy atom. The molecule has 0 amide bonds. The van der Waals surface area contributed by atoms with E-state index in [1.807, 2.05) is 24.4 Å². The minimum atomic E-state index is -4.41. The zero-order chi connectivity index (χ0) is 21.5. The Morgan fingerprint density at radius 1 is 1.33 bits per heavy atom. The van der Waals surface area contributed by atoms with Gasteiger partial charge in [-0.05, 0) is 41.6 Å². The Bertz CT molecular complexity index is 1150. The normalized spacial score (nSPS) is 17.3. The molecule has 0 unspecified atom stereocenters. The summed E-state index contributed by atoms with van der Waals surface area (Å²) in [5.74, 6) is 0.175. The van der Waals surface area contributed by atoms with Crippen molar-refractivity contribution in [1.29, 1.82) is 0 Å². The fourth-order valence-corrected chi connectivity index (χ4v) is 4.77. The van der Waals surface area contributed by atoms with Gasteiger partial charge in [0.15, 0.2) is 0 Å². The van der Waals surface area contributed by atoms with Crippen LogP contribution >= 0.6 is 22.7 Å². The molecule has 0 spiro atoms. The van der Waals surface area contributed by atoms with Crippen molar-refractivity contribution in [3.63, 3.8) is 0 Å². The third-order valence-corrected chi connectivity index (χ3v) is 6.63. The van der Waals surface area contributed by atoms with Gasteiger partial charge in [0, 0.05) is 16.3 Å². The average Bonchev–Trinajstić information content (AvgIpc) is 3.32. The van der Waals surface area contributed by atoms with Crippen molar-refractivity contribution >= 4 is 34.2 Å². The summed E-state index contributed by atoms with van der Waals surface area (Å²) in [5.41, 5.74) is 1.21. The number of rotatable bonds is 4. The monoisotopic (exact) mass is 454 g/mol. The number of aryl methyl sites for hydroxylation is 1. The maximum atomic E-state index is 12.7. The summed E-state index contributed by atoms with van der Waals surface area (Å²) in [6.07, 6.45) is -2.00. The molecule has 0 radical (unpaired) electrons. The van der Waals surface area contributed by atoms with Gasteiger partial charge >= 0.3 is 11.9 Å². The van der Waals surface area contributed by atoms with Gasteiger partial charge in [0.2, 0.25) is 5.95 Å². The van der Waals surface area contributed by atoms with Gasteiger partial charge in [0.25, 0.3) is 0 Å². The van der Waals surface area contributed by atoms with Crippen molar-refractivity contribution in [2.45, 2.75) is 25.7 Å². The summed E-state index contributed by atoms with van der Waals surface area (Å²) in [6, 6.07) is 4.35. The first-order valence-corrected chi connectivity index (χ1v) is 10.7. The van der Waals surface area contributed by atoms with Gasteiger partial charge in [-0.2, -0.15) is 18.2 Å². The molecule has 6 nitrogen and oxygen atoms in total. The molecule has 0 fully saturated rings. The average molecular weight is 454 g/mol. The van der Waals surface area contributed by atoms with Crippen LogP contribution in [-0.4, -0.2) is 38.8 Å². The van der Waals surface area contributed by atoms with Crippen LogP contribution in [0.25, 0.3) is 5.57 Å². The molecule has 3 aromatic rings. The molecule has 30 heavy (non-hydrogen) atoms. The number of aromatic nitrogens is 3. The van der Waals surface area contributed by atoms with Crippen molar-refractivity contribution in [1.82, 2.24) is 14.5 Å². The number of β-amino-alcohol motifs (C(OH)–C–C–N with tert-alkyl or cyclic N) is 1. The number of thiophene rings is 2. The molecule has 0 saturated heterocycles. The first kappa shape index (κ1) is 20.8. The van der Waals surface area contributed by atoms with Gasteiger partial charge in [0.1, 0.15) is 11.2 Å². The molecule has 1 aliphatic heterocycles. The van der Waals surface area contributed by atoms with Gasteiger partial charge in [-0.15, -0.1) is 22.7 Å². The van der Waals surface area contributed by atoms with E-state index < -0.39 is 22.8 Å². The van der Waals surface area contributed by atoms with Crippen molar-refractivity contribution in [2.75, 3.05) is 18.0 Å². The Kier molecular flexibility index (Phi) is 5.51. The van der Waals surface area contributed by atoms with Gasteiger partial charge < -0.3 is 10.0 Å². The number of hydrogen-bond acceptors (Lipinski definition) is 7. The lowest BCUT2D eigenvalue weighted by molar-refractivity contribution is -0.134. The number of nitrogens with zero attached hydrogens (tertiary/aromatic N) is 4. The van der Waals surface area contributed by atoms with Crippen LogP contribution in [0.5, 0.6) is 0 Å². The molecule has 0 bridgehead atoms. The highest BCUT2D eigenvalue weighted by Gasteiger charge is 2.32. The van der Waals surface area contributed by atoms with Crippen LogP contribution in [0.15, 0.2) is 40.8 Å². The molecule has 11 heteroatoms. The summed E-state index contributed by atoms with van der Waals surface area (Å²) in [5, 5.41) is 12.5. The van der Waals surface area contributed by atoms with E-state index in [0.717, 1.165) is 26.6 Å². The summed E-state index contributed by atoms with van der Waals surface area (Å²) in [7, 11) is 0. The topological polar surface area (TPSA) is 71.2 Å². The first-order chi connectivity index (χ1) is 14.2. The van der Waals surface area contributed by atoms with E-state index in [-0.39, 0.29) is 19.0 Å². The van der Waals surface area contributed by atoms with Crippen LogP contribution in [0.3, 0.4) is 0 Å². The number of hydrogen-bond donors (Lipinski definition) is 1. The first-order valence-electron chi connectivity index (χ1n) is 8.98. The number of aliphatic hydroxyl groups is 1. The van der Waals surface area contributed by atoms with Crippen LogP contribution in [0, 0.1) is 6.92 Å². The third kappa shape index (κ3) is 4.32. The minimum Gasteiger partial charge on any atom is -0.387 e. The summed E-state index contributed by atoms with van der Waals surface area (Å²) in [6.45, 7) is 2.64. The second kappa shape index (κ2) is 7.97. The predicted molar refractivity (Wildman–Crippen MR) is 110 cm³/mol. The second-order valence-corrected chi connectivity index (χ2v) is 9.14. The van der Waals surface area contributed by atoms with Gasteiger partial charge in [0.05, 0.1) is 19.2 Å². The second-order valence-electron chi connectivity index (χ2n) is 6.86. The fraction of sp³-hybridized carbons (Fsp3) is 0.316. The molecular weight excluding hydrogens is 437 g/mol. The van der Waals surface area contributed by atoms with Crippen LogP contribution in [0.4, 0.5) is 19.1 Å². The van der Waals surface area contributed by atoms with Crippen LogP contribution in [0.2, 0.25) is 0 Å². The SMILES string of the molecule is Cc1cc(C2=CCN(c3ncn(Cc4ccc(C(F)(F)F)s4)c(=O)n3)C[C@@H]2O)cs1. The van der Waals surface area contributed by atoms with E-state index in [4.69, 9.17) is 0 Å². The quantitative estimate of drug-likeness (QED) is 0.654. The summed E-state index contributed by atoms with van der Waals surface area (Å²) in [4.78, 5) is 23.0. The summed E-state index contributed by atoms with van der Waals surface area (Å²) >= 11 is 2.19. The highest BCUT2D eigenvalue weighted by atomic mass is 32.1. The standard InChI is InChI=1S/C19H17F3N4O2S2/c1-11-6-12(9-29-11)14-4-5-25(8-15(14)27)17-23-10-26(18(28)24-17)7-13-2-3-16(30-13)19(20,21)22/h2-4,6,9-10,15,27H,5,7-8H2,1H3/t15-/m0/s1. The fourth-order valence-electron chi connectivity index (χ4n) is 3.19. The Balaban J connectivity index is 1.49. The van der Waals surface area contributed by atoms with Crippen LogP contribution < -0.4 is 10.6 Å². The lowest BCUT2D eigenvalue weighted by Gasteiger charge is -2.30. The molecule has 1 aliphatic rings. The highest BCUT2D eigenvalue weighted by Crippen LogP contribution is 2.34. The lowest BCUT2D eigenvalue weighted by Crippen LogP contribution is -2.40. The predicted octanol–water partition coefficient (Wildman–Crippen LogP) is 3.40. The number of alkyl halides is 3. The van der Waals surface area contributed by atoms with Crippen molar-refractivity contribution in [3.8, 4) is 0 Å². The highest BCUT2D eigenvalue weighted by molar-refractivity contribution is 7.12. The third-order valence-electron chi connectivity index (χ3n) is 4.65. The molecular formula is C19H17F3N4O2S2. The van der Waals surface area contributed by atoms with Crippen LogP contribution in [-0.2, 0) is 12.7 Å². The summed E-state index contributed by atoms with van der Waals surface area (Å²) < 4.78 is 39.4. The number of anilines is 1. The Morgan fingerprint density at radius 2 is 2.13 bits per heavy atom. The molecule has 0 aliphatic carbocycles. The molecule has 4 rings (SSSR count). The molecule has 1 atom stereocenters. The smallest absolute Gasteiger partial charge is 0.387 e. The van der Waals surface area contributed by atoms with Crippen molar-refractivity contribution in [3.05, 3.63) is 66.7 Å². The zero-order valence-corrected chi connectivity index (χ0v) is 17.4. The van der Waals surface area contributed by atoms with Gasteiger partial charge in [-0.3, -0.25) is 4.57 Å². The maximum absolute atomic E-state index is 12.7. The number of halogens is 3.